The van der Waals surface area contributed by atoms with Gasteiger partial charge in [-0.2, -0.15) is 0 Å². The summed E-state index contributed by atoms with van der Waals surface area (Å²) in [4.78, 5) is 4.28. The van der Waals surface area contributed by atoms with Crippen LogP contribution in [0.1, 0.15) is 12.8 Å². The number of hydrogen-bond donors (Lipinski definition) is 1. The molecule has 2 heteroatoms. The van der Waals surface area contributed by atoms with Crippen molar-refractivity contribution in [3.05, 3.63) is 11.3 Å². The van der Waals surface area contributed by atoms with Gasteiger partial charge in [-0.15, -0.1) is 0 Å². The summed E-state index contributed by atoms with van der Waals surface area (Å²) in [5, 5.41) is 3.28. The highest BCUT2D eigenvalue weighted by molar-refractivity contribution is 5.62. The van der Waals surface area contributed by atoms with Crippen LogP contribution in [0.3, 0.4) is 0 Å². The highest BCUT2D eigenvalue weighted by atomic mass is 15.0. The minimum absolute atomic E-state index is 0.992. The number of aliphatic imine (C=N–C) groups is 1. The molecule has 0 spiro atoms. The Hall–Kier alpha value is -0.630. The smallest absolute Gasteiger partial charge is 0.0542 e. The molecular weight excluding hydrogens is 112 g/mol. The predicted molar refractivity (Wildman–Crippen MR) is 37.6 cm³/mol. The molecule has 0 radical (unpaired) electrons. The lowest BCUT2D eigenvalue weighted by Crippen LogP contribution is -2.08. The van der Waals surface area contributed by atoms with Crippen molar-refractivity contribution in [2.24, 2.45) is 4.99 Å². The third-order valence-corrected chi connectivity index (χ3v) is 1.86. The SMILES string of the molecule is C1=NC2=C(CC1)CNC2. The standard InChI is InChI=1S/C7H10N2/c1-2-6-4-8-5-7(6)9-3-1/h3,8H,1-2,4-5H2. The van der Waals surface area contributed by atoms with E-state index in [1.165, 1.54) is 17.7 Å². The molecule has 2 heterocycles. The molecule has 0 aromatic carbocycles. The van der Waals surface area contributed by atoms with E-state index in [0.717, 1.165) is 19.5 Å². The summed E-state index contributed by atoms with van der Waals surface area (Å²) in [5.74, 6) is 0. The molecule has 2 aliphatic rings. The third-order valence-electron chi connectivity index (χ3n) is 1.86. The van der Waals surface area contributed by atoms with E-state index in [-0.39, 0.29) is 0 Å². The lowest BCUT2D eigenvalue weighted by atomic mass is 10.1. The van der Waals surface area contributed by atoms with Crippen LogP contribution in [-0.2, 0) is 0 Å². The quantitative estimate of drug-likeness (QED) is 0.502. The molecule has 2 nitrogen and oxygen atoms in total. The second-order valence-electron chi connectivity index (χ2n) is 2.50. The molecular formula is C7H10N2. The Balaban J connectivity index is 2.28. The summed E-state index contributed by atoms with van der Waals surface area (Å²) in [6.45, 7) is 2.07. The third kappa shape index (κ3) is 0.793. The second kappa shape index (κ2) is 1.95. The Morgan fingerprint density at radius 2 is 2.44 bits per heavy atom. The molecule has 0 amide bonds. The van der Waals surface area contributed by atoms with Crippen molar-refractivity contribution in [3.63, 3.8) is 0 Å². The highest BCUT2D eigenvalue weighted by Crippen LogP contribution is 2.18. The van der Waals surface area contributed by atoms with Gasteiger partial charge in [0.05, 0.1) is 5.70 Å². The number of hydrogen-bond acceptors (Lipinski definition) is 2. The minimum atomic E-state index is 0.992. The van der Waals surface area contributed by atoms with E-state index >= 15 is 0 Å². The molecule has 0 unspecified atom stereocenters. The topological polar surface area (TPSA) is 24.4 Å². The minimum Gasteiger partial charge on any atom is -0.307 e. The fourth-order valence-electron chi connectivity index (χ4n) is 1.34. The average molecular weight is 122 g/mol. The van der Waals surface area contributed by atoms with Gasteiger partial charge in [-0.25, -0.2) is 0 Å². The van der Waals surface area contributed by atoms with Gasteiger partial charge in [-0.1, -0.05) is 0 Å². The van der Waals surface area contributed by atoms with E-state index in [4.69, 9.17) is 0 Å². The zero-order valence-corrected chi connectivity index (χ0v) is 5.35. The van der Waals surface area contributed by atoms with Crippen LogP contribution < -0.4 is 5.32 Å². The first-order chi connectivity index (χ1) is 4.47. The van der Waals surface area contributed by atoms with E-state index in [1.54, 1.807) is 0 Å². The van der Waals surface area contributed by atoms with Crippen molar-refractivity contribution in [2.45, 2.75) is 12.8 Å². The van der Waals surface area contributed by atoms with Crippen molar-refractivity contribution >= 4 is 6.21 Å². The monoisotopic (exact) mass is 122 g/mol. The first-order valence-electron chi connectivity index (χ1n) is 3.41. The highest BCUT2D eigenvalue weighted by Gasteiger charge is 2.13. The van der Waals surface area contributed by atoms with Crippen LogP contribution in [0.2, 0.25) is 0 Å². The fourth-order valence-corrected chi connectivity index (χ4v) is 1.34. The van der Waals surface area contributed by atoms with Gasteiger partial charge in [0.15, 0.2) is 0 Å². The first-order valence-corrected chi connectivity index (χ1v) is 3.41. The predicted octanol–water partition coefficient (Wildman–Crippen LogP) is 0.708. The molecule has 1 N–H and O–H groups in total. The maximum Gasteiger partial charge on any atom is 0.0542 e. The normalized spacial score (nSPS) is 24.9. The van der Waals surface area contributed by atoms with E-state index in [0.29, 0.717) is 0 Å². The Kier molecular flexibility index (Phi) is 1.12. The maximum atomic E-state index is 4.28. The van der Waals surface area contributed by atoms with Gasteiger partial charge in [0.1, 0.15) is 0 Å². The molecule has 48 valence electrons. The molecule has 0 saturated heterocycles. The fraction of sp³-hybridized carbons (Fsp3) is 0.571. The van der Waals surface area contributed by atoms with Gasteiger partial charge in [0, 0.05) is 19.3 Å². The van der Waals surface area contributed by atoms with Crippen molar-refractivity contribution in [1.82, 2.24) is 5.32 Å². The van der Waals surface area contributed by atoms with Crippen molar-refractivity contribution < 1.29 is 0 Å². The zero-order valence-electron chi connectivity index (χ0n) is 5.35. The van der Waals surface area contributed by atoms with E-state index in [1.807, 2.05) is 6.21 Å². The summed E-state index contributed by atoms with van der Waals surface area (Å²) in [7, 11) is 0. The number of rotatable bonds is 0. The molecule has 0 fully saturated rings. The molecule has 2 rings (SSSR count). The van der Waals surface area contributed by atoms with Crippen LogP contribution in [0.5, 0.6) is 0 Å². The van der Waals surface area contributed by atoms with Crippen LogP contribution in [0.25, 0.3) is 0 Å². The molecule has 9 heavy (non-hydrogen) atoms. The van der Waals surface area contributed by atoms with Gasteiger partial charge in [-0.05, 0) is 18.4 Å². The maximum absolute atomic E-state index is 4.28. The van der Waals surface area contributed by atoms with Crippen LogP contribution in [0.4, 0.5) is 0 Å². The van der Waals surface area contributed by atoms with Gasteiger partial charge < -0.3 is 5.32 Å². The zero-order chi connectivity index (χ0) is 6.10. The summed E-state index contributed by atoms with van der Waals surface area (Å²) < 4.78 is 0. The van der Waals surface area contributed by atoms with Crippen LogP contribution >= 0.6 is 0 Å². The summed E-state index contributed by atoms with van der Waals surface area (Å²) in [6.07, 6.45) is 4.39. The molecule has 2 aliphatic heterocycles. The number of nitrogens with one attached hydrogen (secondary N) is 1. The van der Waals surface area contributed by atoms with Crippen molar-refractivity contribution in [1.29, 1.82) is 0 Å². The van der Waals surface area contributed by atoms with E-state index in [2.05, 4.69) is 10.3 Å². The Morgan fingerprint density at radius 1 is 1.44 bits per heavy atom. The second-order valence-corrected chi connectivity index (χ2v) is 2.50. The van der Waals surface area contributed by atoms with Crippen LogP contribution in [0, 0.1) is 0 Å². The Labute approximate surface area is 54.7 Å². The lowest BCUT2D eigenvalue weighted by molar-refractivity contribution is 0.847. The van der Waals surface area contributed by atoms with E-state index < -0.39 is 0 Å². The van der Waals surface area contributed by atoms with Gasteiger partial charge in [0.2, 0.25) is 0 Å². The van der Waals surface area contributed by atoms with Crippen LogP contribution in [0.15, 0.2) is 16.3 Å². The average Bonchev–Trinajstić information content (AvgIpc) is 2.33. The first kappa shape index (κ1) is 5.18. The van der Waals surface area contributed by atoms with Crippen LogP contribution in [-0.4, -0.2) is 19.3 Å². The summed E-state index contributed by atoms with van der Waals surface area (Å²) in [5.41, 5.74) is 2.82. The van der Waals surface area contributed by atoms with Gasteiger partial charge in [-0.3, -0.25) is 4.99 Å². The molecule has 0 aliphatic carbocycles. The van der Waals surface area contributed by atoms with E-state index in [9.17, 15) is 0 Å². The van der Waals surface area contributed by atoms with Crippen molar-refractivity contribution in [2.75, 3.05) is 13.1 Å². The van der Waals surface area contributed by atoms with Gasteiger partial charge >= 0.3 is 0 Å². The van der Waals surface area contributed by atoms with Crippen molar-refractivity contribution in [3.8, 4) is 0 Å². The summed E-state index contributed by atoms with van der Waals surface area (Å²) in [6, 6.07) is 0. The molecule has 0 saturated carbocycles. The molecule has 0 atom stereocenters. The molecule has 0 aromatic rings. The molecule has 0 aromatic heterocycles. The summed E-state index contributed by atoms with van der Waals surface area (Å²) >= 11 is 0. The van der Waals surface area contributed by atoms with Gasteiger partial charge in [0.25, 0.3) is 0 Å². The number of nitrogens with zero attached hydrogens (tertiary/aromatic N) is 1. The molecule has 0 bridgehead atoms. The Bertz CT molecular complexity index is 179. The lowest BCUT2D eigenvalue weighted by Gasteiger charge is -2.03. The Morgan fingerprint density at radius 3 is 3.33 bits per heavy atom. The largest absolute Gasteiger partial charge is 0.307 e.